The van der Waals surface area contributed by atoms with Crippen molar-refractivity contribution in [1.29, 1.82) is 0 Å². The molecule has 0 radical (unpaired) electrons. The van der Waals surface area contributed by atoms with Gasteiger partial charge in [0.25, 0.3) is 5.91 Å². The Labute approximate surface area is 189 Å². The van der Waals surface area contributed by atoms with Gasteiger partial charge in [0, 0.05) is 25.6 Å². The normalized spacial score (nSPS) is 23.6. The zero-order valence-electron chi connectivity index (χ0n) is 18.2. The number of rotatable bonds is 5. The van der Waals surface area contributed by atoms with Gasteiger partial charge in [0.1, 0.15) is 6.17 Å². The van der Waals surface area contributed by atoms with Crippen LogP contribution in [0.1, 0.15) is 35.8 Å². The number of hydrogen-bond donors (Lipinski definition) is 2. The molecule has 1 aromatic carbocycles. The van der Waals surface area contributed by atoms with Crippen LogP contribution >= 0.6 is 0 Å². The molecule has 0 spiro atoms. The fourth-order valence-electron chi connectivity index (χ4n) is 3.48. The van der Waals surface area contributed by atoms with E-state index in [4.69, 9.17) is 4.74 Å². The Morgan fingerprint density at radius 2 is 2.18 bits per heavy atom. The number of likely N-dealkylation sites (tertiary alicyclic amines) is 1. The fourth-order valence-corrected chi connectivity index (χ4v) is 3.48. The highest BCUT2D eigenvalue weighted by atomic mass is 19.1. The minimum Gasteiger partial charge on any atom is -0.461 e. The van der Waals surface area contributed by atoms with Crippen LogP contribution in [0.2, 0.25) is 0 Å². The molecule has 2 N–H and O–H groups in total. The number of nitrogens with one attached hydrogen (secondary N) is 1. The molecule has 33 heavy (non-hydrogen) atoms. The molecule has 10 heteroatoms. The highest BCUT2D eigenvalue weighted by Crippen LogP contribution is 2.35. The van der Waals surface area contributed by atoms with Crippen LogP contribution in [-0.4, -0.2) is 69.5 Å². The monoisotopic (exact) mass is 454 g/mol. The van der Waals surface area contributed by atoms with Crippen LogP contribution < -0.4 is 5.32 Å². The van der Waals surface area contributed by atoms with Gasteiger partial charge in [0.15, 0.2) is 5.69 Å². The number of anilines is 1. The van der Waals surface area contributed by atoms with E-state index in [1.54, 1.807) is 38.2 Å². The minimum atomic E-state index is -1.72. The number of aliphatic hydroxyl groups is 1. The summed E-state index contributed by atoms with van der Waals surface area (Å²) in [7, 11) is 1.61. The van der Waals surface area contributed by atoms with Crippen molar-refractivity contribution in [2.75, 3.05) is 25.5 Å². The lowest BCUT2D eigenvalue weighted by molar-refractivity contribution is -0.137. The SMILES string of the molecule is CCOC(=O)c1nn(-c2cccc(C#C[C@]3(O)CCN(C)C3=O)c2)cc1NC(=O)[C@H]1C[C@H]1F. The predicted molar refractivity (Wildman–Crippen MR) is 115 cm³/mol. The fraction of sp³-hybridized carbons (Fsp3) is 0.391. The van der Waals surface area contributed by atoms with Crippen molar-refractivity contribution in [1.82, 2.24) is 14.7 Å². The van der Waals surface area contributed by atoms with Crippen molar-refractivity contribution >= 4 is 23.5 Å². The molecular weight excluding hydrogens is 431 g/mol. The number of likely N-dealkylation sites (N-methyl/N-ethyl adjacent to an activating group) is 1. The first-order chi connectivity index (χ1) is 15.7. The third-order valence-electron chi connectivity index (χ3n) is 5.52. The van der Waals surface area contributed by atoms with Crippen molar-refractivity contribution in [2.45, 2.75) is 31.5 Å². The average molecular weight is 454 g/mol. The predicted octanol–water partition coefficient (Wildman–Crippen LogP) is 1.29. The van der Waals surface area contributed by atoms with Gasteiger partial charge in [-0.05, 0) is 31.5 Å². The topological polar surface area (TPSA) is 114 Å². The molecule has 0 bridgehead atoms. The molecule has 1 aliphatic carbocycles. The van der Waals surface area contributed by atoms with E-state index in [-0.39, 0.29) is 30.8 Å². The highest BCUT2D eigenvalue weighted by Gasteiger charge is 2.44. The van der Waals surface area contributed by atoms with Gasteiger partial charge < -0.3 is 20.1 Å². The molecule has 1 saturated carbocycles. The van der Waals surface area contributed by atoms with Crippen LogP contribution in [0.3, 0.4) is 0 Å². The average Bonchev–Trinajstić information content (AvgIpc) is 3.30. The summed E-state index contributed by atoms with van der Waals surface area (Å²) in [4.78, 5) is 38.1. The van der Waals surface area contributed by atoms with Crippen LogP contribution in [0.15, 0.2) is 30.5 Å². The van der Waals surface area contributed by atoms with E-state index in [1.165, 1.54) is 15.8 Å². The van der Waals surface area contributed by atoms with E-state index in [0.29, 0.717) is 17.8 Å². The summed E-state index contributed by atoms with van der Waals surface area (Å²) >= 11 is 0. The molecular formula is C23H23FN4O5. The summed E-state index contributed by atoms with van der Waals surface area (Å²) in [5.41, 5.74) is -0.679. The molecule has 2 amide bonds. The molecule has 1 aliphatic heterocycles. The summed E-state index contributed by atoms with van der Waals surface area (Å²) in [6, 6.07) is 6.77. The van der Waals surface area contributed by atoms with E-state index in [1.807, 2.05) is 0 Å². The van der Waals surface area contributed by atoms with Crippen LogP contribution in [0.4, 0.5) is 10.1 Å². The quantitative estimate of drug-likeness (QED) is 0.520. The second-order valence-electron chi connectivity index (χ2n) is 8.04. The molecule has 4 rings (SSSR count). The number of alkyl halides is 1. The van der Waals surface area contributed by atoms with E-state index in [0.717, 1.165) is 0 Å². The lowest BCUT2D eigenvalue weighted by Crippen LogP contribution is -2.37. The van der Waals surface area contributed by atoms with Gasteiger partial charge in [-0.15, -0.1) is 0 Å². The summed E-state index contributed by atoms with van der Waals surface area (Å²) < 4.78 is 19.6. The van der Waals surface area contributed by atoms with E-state index in [2.05, 4.69) is 22.3 Å². The number of carbonyl (C=O) groups is 3. The Hall–Kier alpha value is -3.71. The summed E-state index contributed by atoms with van der Waals surface area (Å²) in [5, 5.41) is 17.3. The zero-order chi connectivity index (χ0) is 23.8. The van der Waals surface area contributed by atoms with Crippen LogP contribution in [-0.2, 0) is 14.3 Å². The maximum Gasteiger partial charge on any atom is 0.361 e. The van der Waals surface area contributed by atoms with Crippen molar-refractivity contribution < 1.29 is 28.6 Å². The number of amides is 2. The molecule has 2 heterocycles. The Balaban J connectivity index is 1.62. The summed E-state index contributed by atoms with van der Waals surface area (Å²) in [6.45, 7) is 2.19. The number of ether oxygens (including phenoxy) is 1. The maximum atomic E-state index is 13.3. The lowest BCUT2D eigenvalue weighted by atomic mass is 10.0. The van der Waals surface area contributed by atoms with Gasteiger partial charge in [-0.3, -0.25) is 9.59 Å². The van der Waals surface area contributed by atoms with Crippen molar-refractivity contribution in [3.8, 4) is 17.5 Å². The molecule has 172 valence electrons. The van der Waals surface area contributed by atoms with Gasteiger partial charge in [0.2, 0.25) is 11.5 Å². The highest BCUT2D eigenvalue weighted by molar-refractivity contribution is 6.01. The van der Waals surface area contributed by atoms with Gasteiger partial charge >= 0.3 is 5.97 Å². The smallest absolute Gasteiger partial charge is 0.361 e. The number of carbonyl (C=O) groups excluding carboxylic acids is 3. The lowest BCUT2D eigenvalue weighted by Gasteiger charge is -2.13. The van der Waals surface area contributed by atoms with E-state index < -0.39 is 35.5 Å². The maximum absolute atomic E-state index is 13.3. The van der Waals surface area contributed by atoms with Crippen LogP contribution in [0, 0.1) is 17.8 Å². The molecule has 2 aliphatic rings. The standard InChI is InChI=1S/C23H23FN4O5/c1-3-33-21(30)19-18(25-20(29)16-12-17(16)24)13-28(26-19)15-6-4-5-14(11-15)7-8-23(32)9-10-27(2)22(23)31/h4-6,11,13,16-17,32H,3,9-10,12H2,1-2H3,(H,25,29)/t16-,17+,23-/m0/s1. The molecule has 9 nitrogen and oxygen atoms in total. The van der Waals surface area contributed by atoms with E-state index >= 15 is 0 Å². The third kappa shape index (κ3) is 4.59. The largest absolute Gasteiger partial charge is 0.461 e. The second kappa shape index (κ2) is 8.67. The molecule has 2 fully saturated rings. The van der Waals surface area contributed by atoms with Gasteiger partial charge in [-0.25, -0.2) is 13.9 Å². The molecule has 1 saturated heterocycles. The Morgan fingerprint density at radius 3 is 2.82 bits per heavy atom. The third-order valence-corrected chi connectivity index (χ3v) is 5.52. The number of nitrogens with zero attached hydrogens (tertiary/aromatic N) is 3. The minimum absolute atomic E-state index is 0.105. The number of esters is 1. The Morgan fingerprint density at radius 1 is 1.42 bits per heavy atom. The van der Waals surface area contributed by atoms with Gasteiger partial charge in [-0.2, -0.15) is 5.10 Å². The Kier molecular flexibility index (Phi) is 5.91. The van der Waals surface area contributed by atoms with E-state index in [9.17, 15) is 23.9 Å². The first-order valence-electron chi connectivity index (χ1n) is 10.5. The van der Waals surface area contributed by atoms with Crippen LogP contribution in [0.25, 0.3) is 5.69 Å². The number of aromatic nitrogens is 2. The summed E-state index contributed by atoms with van der Waals surface area (Å²) in [6.07, 6.45) is 0.638. The van der Waals surface area contributed by atoms with Crippen molar-refractivity contribution in [2.24, 2.45) is 5.92 Å². The van der Waals surface area contributed by atoms with Crippen molar-refractivity contribution in [3.63, 3.8) is 0 Å². The summed E-state index contributed by atoms with van der Waals surface area (Å²) in [5.74, 6) is 3.06. The van der Waals surface area contributed by atoms with Crippen molar-refractivity contribution in [3.05, 3.63) is 41.7 Å². The zero-order valence-corrected chi connectivity index (χ0v) is 18.2. The van der Waals surface area contributed by atoms with Crippen LogP contribution in [0.5, 0.6) is 0 Å². The van der Waals surface area contributed by atoms with Gasteiger partial charge in [0.05, 0.1) is 30.1 Å². The molecule has 3 atom stereocenters. The molecule has 1 aromatic heterocycles. The Bertz CT molecular complexity index is 1180. The first-order valence-corrected chi connectivity index (χ1v) is 10.5. The number of benzene rings is 1. The number of halogens is 1. The van der Waals surface area contributed by atoms with Gasteiger partial charge in [-0.1, -0.05) is 17.9 Å². The second-order valence-corrected chi connectivity index (χ2v) is 8.04. The molecule has 0 unspecified atom stereocenters. The number of hydrogen-bond acceptors (Lipinski definition) is 6. The first kappa shape index (κ1) is 22.5. The molecule has 2 aromatic rings.